The SMILES string of the molecule is N#Cc1ccc(COc2cccc(Cl)c2C#N)cc1. The van der Waals surface area contributed by atoms with E-state index in [1.807, 2.05) is 18.2 Å². The minimum atomic E-state index is 0.320. The quantitative estimate of drug-likeness (QED) is 0.853. The number of hydrogen-bond donors (Lipinski definition) is 0. The van der Waals surface area contributed by atoms with E-state index in [1.165, 1.54) is 0 Å². The average molecular weight is 269 g/mol. The number of halogens is 1. The molecule has 2 rings (SSSR count). The Bertz CT molecular complexity index is 666. The Morgan fingerprint density at radius 3 is 2.37 bits per heavy atom. The molecule has 0 unspecified atom stereocenters. The topological polar surface area (TPSA) is 56.8 Å². The van der Waals surface area contributed by atoms with Gasteiger partial charge in [0.05, 0.1) is 16.7 Å². The van der Waals surface area contributed by atoms with Gasteiger partial charge in [0.1, 0.15) is 24.0 Å². The van der Waals surface area contributed by atoms with Gasteiger partial charge in [-0.3, -0.25) is 0 Å². The zero-order chi connectivity index (χ0) is 13.7. The van der Waals surface area contributed by atoms with Gasteiger partial charge in [-0.15, -0.1) is 0 Å². The van der Waals surface area contributed by atoms with Crippen LogP contribution < -0.4 is 4.74 Å². The van der Waals surface area contributed by atoms with Crippen LogP contribution in [0.25, 0.3) is 0 Å². The third kappa shape index (κ3) is 3.04. The largest absolute Gasteiger partial charge is 0.487 e. The molecule has 2 aromatic carbocycles. The molecule has 4 heteroatoms. The predicted octanol–water partition coefficient (Wildman–Crippen LogP) is 3.66. The molecule has 0 aromatic heterocycles. The first-order chi connectivity index (χ1) is 9.24. The van der Waals surface area contributed by atoms with Crippen molar-refractivity contribution in [1.29, 1.82) is 10.5 Å². The highest BCUT2D eigenvalue weighted by Gasteiger charge is 2.07. The van der Waals surface area contributed by atoms with Gasteiger partial charge in [-0.05, 0) is 29.8 Å². The number of benzene rings is 2. The van der Waals surface area contributed by atoms with Gasteiger partial charge in [-0.2, -0.15) is 10.5 Å². The van der Waals surface area contributed by atoms with Crippen LogP contribution in [-0.2, 0) is 6.61 Å². The van der Waals surface area contributed by atoms with Crippen LogP contribution in [-0.4, -0.2) is 0 Å². The number of nitriles is 2. The van der Waals surface area contributed by atoms with Gasteiger partial charge in [-0.1, -0.05) is 29.8 Å². The van der Waals surface area contributed by atoms with E-state index in [-0.39, 0.29) is 0 Å². The van der Waals surface area contributed by atoms with E-state index in [4.69, 9.17) is 26.9 Å². The third-order valence-corrected chi connectivity index (χ3v) is 2.88. The summed E-state index contributed by atoms with van der Waals surface area (Å²) in [4.78, 5) is 0. The molecule has 0 N–H and O–H groups in total. The molecule has 0 bridgehead atoms. The average Bonchev–Trinajstić information content (AvgIpc) is 2.45. The highest BCUT2D eigenvalue weighted by atomic mass is 35.5. The monoisotopic (exact) mass is 268 g/mol. The Morgan fingerprint density at radius 1 is 1.00 bits per heavy atom. The molecule has 0 radical (unpaired) electrons. The van der Waals surface area contributed by atoms with Crippen LogP contribution in [0.2, 0.25) is 5.02 Å². The molecule has 92 valence electrons. The van der Waals surface area contributed by atoms with Crippen LogP contribution in [0.4, 0.5) is 0 Å². The molecule has 19 heavy (non-hydrogen) atoms. The summed E-state index contributed by atoms with van der Waals surface area (Å²) in [6, 6.07) is 16.2. The summed E-state index contributed by atoms with van der Waals surface area (Å²) in [5, 5.41) is 18.1. The highest BCUT2D eigenvalue weighted by Crippen LogP contribution is 2.26. The first-order valence-corrected chi connectivity index (χ1v) is 5.93. The normalized spacial score (nSPS) is 9.42. The van der Waals surface area contributed by atoms with Crippen LogP contribution in [0, 0.1) is 22.7 Å². The van der Waals surface area contributed by atoms with Crippen molar-refractivity contribution >= 4 is 11.6 Å². The third-order valence-electron chi connectivity index (χ3n) is 2.56. The Hall–Kier alpha value is -2.49. The second-order valence-corrected chi connectivity index (χ2v) is 4.23. The van der Waals surface area contributed by atoms with Gasteiger partial charge >= 0.3 is 0 Å². The summed E-state index contributed by atoms with van der Waals surface area (Å²) in [7, 11) is 0. The minimum Gasteiger partial charge on any atom is -0.487 e. The number of nitrogens with zero attached hydrogens (tertiary/aromatic N) is 2. The molecule has 0 saturated heterocycles. The van der Waals surface area contributed by atoms with Gasteiger partial charge in [0.25, 0.3) is 0 Å². The lowest BCUT2D eigenvalue weighted by molar-refractivity contribution is 0.305. The molecule has 0 aliphatic heterocycles. The first kappa shape index (κ1) is 13.0. The van der Waals surface area contributed by atoms with Crippen LogP contribution in [0.5, 0.6) is 5.75 Å². The maximum absolute atomic E-state index is 9.01. The first-order valence-electron chi connectivity index (χ1n) is 5.55. The lowest BCUT2D eigenvalue weighted by Gasteiger charge is -2.08. The van der Waals surface area contributed by atoms with Gasteiger partial charge < -0.3 is 4.74 Å². The molecular formula is C15H9ClN2O. The second-order valence-electron chi connectivity index (χ2n) is 3.82. The molecule has 0 atom stereocenters. The summed E-state index contributed by atoms with van der Waals surface area (Å²) < 4.78 is 5.58. The van der Waals surface area contributed by atoms with Crippen molar-refractivity contribution in [3.63, 3.8) is 0 Å². The molecule has 3 nitrogen and oxygen atoms in total. The van der Waals surface area contributed by atoms with Gasteiger partial charge in [0, 0.05) is 0 Å². The molecule has 0 spiro atoms. The van der Waals surface area contributed by atoms with E-state index < -0.39 is 0 Å². The number of hydrogen-bond acceptors (Lipinski definition) is 3. The van der Waals surface area contributed by atoms with Crippen molar-refractivity contribution in [3.8, 4) is 17.9 Å². The van der Waals surface area contributed by atoms with Crippen LogP contribution in [0.15, 0.2) is 42.5 Å². The molecular weight excluding hydrogens is 260 g/mol. The standard InChI is InChI=1S/C15H9ClN2O/c16-14-2-1-3-15(13(14)9-18)19-10-12-6-4-11(8-17)5-7-12/h1-7H,10H2. The fraction of sp³-hybridized carbons (Fsp3) is 0.0667. The van der Waals surface area contributed by atoms with E-state index in [2.05, 4.69) is 6.07 Å². The predicted molar refractivity (Wildman–Crippen MR) is 71.7 cm³/mol. The molecule has 0 amide bonds. The molecule has 0 fully saturated rings. The van der Waals surface area contributed by atoms with E-state index in [9.17, 15) is 0 Å². The van der Waals surface area contributed by atoms with Crippen molar-refractivity contribution in [2.75, 3.05) is 0 Å². The maximum Gasteiger partial charge on any atom is 0.139 e. The van der Waals surface area contributed by atoms with Crippen LogP contribution in [0.3, 0.4) is 0 Å². The Kier molecular flexibility index (Phi) is 4.03. The van der Waals surface area contributed by atoms with Crippen LogP contribution in [0.1, 0.15) is 16.7 Å². The highest BCUT2D eigenvalue weighted by molar-refractivity contribution is 6.31. The van der Waals surface area contributed by atoms with E-state index in [0.717, 1.165) is 5.56 Å². The summed E-state index contributed by atoms with van der Waals surface area (Å²) in [6.07, 6.45) is 0. The van der Waals surface area contributed by atoms with Crippen molar-refractivity contribution < 1.29 is 4.74 Å². The zero-order valence-corrected chi connectivity index (χ0v) is 10.7. The fourth-order valence-electron chi connectivity index (χ4n) is 1.57. The van der Waals surface area contributed by atoms with Crippen molar-refractivity contribution in [2.45, 2.75) is 6.61 Å². The Morgan fingerprint density at radius 2 is 1.74 bits per heavy atom. The summed E-state index contributed by atoms with van der Waals surface area (Å²) in [5.41, 5.74) is 1.85. The van der Waals surface area contributed by atoms with Crippen molar-refractivity contribution in [1.82, 2.24) is 0 Å². The molecule has 2 aromatic rings. The molecule has 0 aliphatic rings. The summed E-state index contributed by atoms with van der Waals surface area (Å²) in [6.45, 7) is 0.320. The molecule has 0 heterocycles. The zero-order valence-electron chi connectivity index (χ0n) is 9.93. The van der Waals surface area contributed by atoms with Gasteiger partial charge in [0.15, 0.2) is 0 Å². The summed E-state index contributed by atoms with van der Waals surface area (Å²) >= 11 is 5.91. The molecule has 0 aliphatic carbocycles. The summed E-state index contributed by atoms with van der Waals surface area (Å²) in [5.74, 6) is 0.458. The minimum absolute atomic E-state index is 0.320. The Balaban J connectivity index is 2.13. The van der Waals surface area contributed by atoms with Crippen LogP contribution >= 0.6 is 11.6 Å². The number of ether oxygens (including phenoxy) is 1. The lowest BCUT2D eigenvalue weighted by atomic mass is 10.1. The second kappa shape index (κ2) is 5.91. The van der Waals surface area contributed by atoms with Gasteiger partial charge in [-0.25, -0.2) is 0 Å². The van der Waals surface area contributed by atoms with E-state index in [0.29, 0.717) is 28.5 Å². The van der Waals surface area contributed by atoms with Crippen molar-refractivity contribution in [2.24, 2.45) is 0 Å². The van der Waals surface area contributed by atoms with E-state index >= 15 is 0 Å². The fourth-order valence-corrected chi connectivity index (χ4v) is 1.78. The number of rotatable bonds is 3. The van der Waals surface area contributed by atoms with E-state index in [1.54, 1.807) is 30.3 Å². The maximum atomic E-state index is 9.01. The van der Waals surface area contributed by atoms with Gasteiger partial charge in [0.2, 0.25) is 0 Å². The lowest BCUT2D eigenvalue weighted by Crippen LogP contribution is -1.97. The smallest absolute Gasteiger partial charge is 0.139 e. The van der Waals surface area contributed by atoms with Crippen molar-refractivity contribution in [3.05, 3.63) is 64.2 Å². The molecule has 0 saturated carbocycles. The Labute approximate surface area is 116 Å².